The van der Waals surface area contributed by atoms with Gasteiger partial charge in [-0.3, -0.25) is 14.9 Å². The molecule has 4 aromatic rings. The zero-order valence-electron chi connectivity index (χ0n) is 18.4. The fraction of sp³-hybridized carbons (Fsp3) is 0.174. The third kappa shape index (κ3) is 4.05. The second-order valence-electron chi connectivity index (χ2n) is 7.46. The van der Waals surface area contributed by atoms with E-state index in [4.69, 9.17) is 4.74 Å². The number of benzene rings is 2. The molecule has 2 aromatic heterocycles. The van der Waals surface area contributed by atoms with Gasteiger partial charge in [0.1, 0.15) is 17.3 Å². The van der Waals surface area contributed by atoms with Crippen molar-refractivity contribution in [3.63, 3.8) is 0 Å². The fourth-order valence-corrected chi connectivity index (χ4v) is 4.13. The first-order chi connectivity index (χ1) is 15.7. The number of hydrogen-bond acceptors (Lipinski definition) is 6. The van der Waals surface area contributed by atoms with Crippen LogP contribution in [0.1, 0.15) is 22.8 Å². The highest BCUT2D eigenvalue weighted by Crippen LogP contribution is 2.31. The molecule has 0 bridgehead atoms. The standard InChI is InChI=1S/C23H20BrN5O4/c1-13-9-16(14(2)27(13)21-8-6-18(33-4)11-22(21)29(31)32)12-25-28-15(3)26-20-7-5-17(24)10-19(20)23(28)30/h5-12H,1-4H3. The van der Waals surface area contributed by atoms with E-state index in [0.717, 1.165) is 21.4 Å². The second kappa shape index (κ2) is 8.62. The molecule has 0 amide bonds. The summed E-state index contributed by atoms with van der Waals surface area (Å²) in [7, 11) is 1.46. The lowest BCUT2D eigenvalue weighted by atomic mass is 10.2. The largest absolute Gasteiger partial charge is 0.496 e. The highest BCUT2D eigenvalue weighted by atomic mass is 79.9. The Kier molecular flexibility index (Phi) is 5.86. The number of nitro benzene ring substituents is 1. The van der Waals surface area contributed by atoms with E-state index in [1.165, 1.54) is 17.9 Å². The molecule has 168 valence electrons. The minimum atomic E-state index is -0.438. The summed E-state index contributed by atoms with van der Waals surface area (Å²) < 4.78 is 8.94. The van der Waals surface area contributed by atoms with Crippen LogP contribution in [0.2, 0.25) is 0 Å². The smallest absolute Gasteiger partial charge is 0.296 e. The molecule has 2 heterocycles. The molecule has 9 nitrogen and oxygen atoms in total. The van der Waals surface area contributed by atoms with Crippen LogP contribution in [0, 0.1) is 30.9 Å². The highest BCUT2D eigenvalue weighted by molar-refractivity contribution is 9.10. The number of nitrogens with zero attached hydrogens (tertiary/aromatic N) is 5. The van der Waals surface area contributed by atoms with Crippen LogP contribution >= 0.6 is 15.9 Å². The predicted molar refractivity (Wildman–Crippen MR) is 130 cm³/mol. The van der Waals surface area contributed by atoms with E-state index in [1.807, 2.05) is 26.0 Å². The first kappa shape index (κ1) is 22.4. The van der Waals surface area contributed by atoms with Crippen molar-refractivity contribution in [3.8, 4) is 11.4 Å². The Bertz CT molecular complexity index is 1500. The molecule has 4 rings (SSSR count). The van der Waals surface area contributed by atoms with Crippen molar-refractivity contribution in [3.05, 3.63) is 90.2 Å². The monoisotopic (exact) mass is 509 g/mol. The number of halogens is 1. The van der Waals surface area contributed by atoms with Crippen LogP contribution in [0.5, 0.6) is 5.75 Å². The quantitative estimate of drug-likeness (QED) is 0.220. The molecule has 33 heavy (non-hydrogen) atoms. The molecular weight excluding hydrogens is 490 g/mol. The minimum absolute atomic E-state index is 0.0731. The lowest BCUT2D eigenvalue weighted by molar-refractivity contribution is -0.384. The van der Waals surface area contributed by atoms with Gasteiger partial charge in [0.15, 0.2) is 0 Å². The topological polar surface area (TPSA) is 105 Å². The summed E-state index contributed by atoms with van der Waals surface area (Å²) in [5, 5.41) is 16.5. The van der Waals surface area contributed by atoms with E-state index in [1.54, 1.807) is 42.0 Å². The van der Waals surface area contributed by atoms with Crippen molar-refractivity contribution in [1.29, 1.82) is 0 Å². The van der Waals surface area contributed by atoms with Crippen LogP contribution in [0.25, 0.3) is 16.6 Å². The van der Waals surface area contributed by atoms with Gasteiger partial charge in [-0.25, -0.2) is 4.98 Å². The summed E-state index contributed by atoms with van der Waals surface area (Å²) in [5.41, 5.74) is 2.90. The van der Waals surface area contributed by atoms with Crippen LogP contribution < -0.4 is 10.3 Å². The maximum absolute atomic E-state index is 13.0. The lowest BCUT2D eigenvalue weighted by Gasteiger charge is -2.11. The maximum atomic E-state index is 13.0. The molecule has 0 aliphatic carbocycles. The zero-order valence-corrected chi connectivity index (χ0v) is 20.0. The second-order valence-corrected chi connectivity index (χ2v) is 8.37. The molecule has 10 heteroatoms. The molecule has 0 aliphatic heterocycles. The predicted octanol–water partition coefficient (Wildman–Crippen LogP) is 4.67. The van der Waals surface area contributed by atoms with Crippen LogP contribution in [0.4, 0.5) is 5.69 Å². The Morgan fingerprint density at radius 1 is 1.15 bits per heavy atom. The van der Waals surface area contributed by atoms with Crippen molar-refractivity contribution in [1.82, 2.24) is 14.2 Å². The minimum Gasteiger partial charge on any atom is -0.496 e. The number of aromatic nitrogens is 3. The number of fused-ring (bicyclic) bond motifs is 1. The normalized spacial score (nSPS) is 11.4. The van der Waals surface area contributed by atoms with E-state index < -0.39 is 4.92 Å². The zero-order chi connectivity index (χ0) is 23.9. The van der Waals surface area contributed by atoms with Gasteiger partial charge in [0.2, 0.25) is 0 Å². The van der Waals surface area contributed by atoms with E-state index in [9.17, 15) is 14.9 Å². The van der Waals surface area contributed by atoms with Crippen LogP contribution in [-0.2, 0) is 0 Å². The Morgan fingerprint density at radius 3 is 2.61 bits per heavy atom. The number of aryl methyl sites for hydroxylation is 2. The fourth-order valence-electron chi connectivity index (χ4n) is 3.77. The Hall–Kier alpha value is -3.79. The summed E-state index contributed by atoms with van der Waals surface area (Å²) in [6.45, 7) is 5.41. The van der Waals surface area contributed by atoms with Gasteiger partial charge in [0.05, 0.1) is 35.2 Å². The van der Waals surface area contributed by atoms with Crippen molar-refractivity contribution in [2.24, 2.45) is 5.10 Å². The average molecular weight is 510 g/mol. The van der Waals surface area contributed by atoms with E-state index in [-0.39, 0.29) is 11.2 Å². The van der Waals surface area contributed by atoms with Gasteiger partial charge in [0.25, 0.3) is 11.2 Å². The molecule has 0 atom stereocenters. The van der Waals surface area contributed by atoms with Gasteiger partial charge in [-0.15, -0.1) is 0 Å². The van der Waals surface area contributed by atoms with Gasteiger partial charge in [0, 0.05) is 21.4 Å². The maximum Gasteiger partial charge on any atom is 0.296 e. The molecule has 0 radical (unpaired) electrons. The number of ether oxygens (including phenoxy) is 1. The van der Waals surface area contributed by atoms with Crippen LogP contribution in [0.15, 0.2) is 56.8 Å². The van der Waals surface area contributed by atoms with Crippen LogP contribution in [0.3, 0.4) is 0 Å². The summed E-state index contributed by atoms with van der Waals surface area (Å²) in [4.78, 5) is 28.7. The van der Waals surface area contributed by atoms with Crippen molar-refractivity contribution >= 4 is 38.7 Å². The molecule has 0 saturated carbocycles. The number of nitro groups is 1. The van der Waals surface area contributed by atoms with E-state index in [0.29, 0.717) is 28.2 Å². The molecule has 0 aliphatic rings. The number of rotatable bonds is 5. The van der Waals surface area contributed by atoms with E-state index >= 15 is 0 Å². The Labute approximate surface area is 197 Å². The Balaban J connectivity index is 1.81. The summed E-state index contributed by atoms with van der Waals surface area (Å²) in [6.07, 6.45) is 1.56. The third-order valence-corrected chi connectivity index (χ3v) is 5.87. The van der Waals surface area contributed by atoms with Crippen LogP contribution in [-0.4, -0.2) is 32.5 Å². The summed E-state index contributed by atoms with van der Waals surface area (Å²) >= 11 is 3.38. The molecule has 0 spiro atoms. The summed E-state index contributed by atoms with van der Waals surface area (Å²) in [6, 6.07) is 11.9. The van der Waals surface area contributed by atoms with Gasteiger partial charge >= 0.3 is 0 Å². The van der Waals surface area contributed by atoms with Crippen molar-refractivity contribution in [2.45, 2.75) is 20.8 Å². The SMILES string of the molecule is COc1ccc(-n2c(C)cc(C=Nn3c(C)nc4ccc(Br)cc4c3=O)c2C)c([N+](=O)[O-])c1. The summed E-state index contributed by atoms with van der Waals surface area (Å²) in [5.74, 6) is 0.852. The van der Waals surface area contributed by atoms with Crippen molar-refractivity contribution in [2.75, 3.05) is 7.11 Å². The molecule has 0 saturated heterocycles. The van der Waals surface area contributed by atoms with Gasteiger partial charge < -0.3 is 9.30 Å². The van der Waals surface area contributed by atoms with E-state index in [2.05, 4.69) is 26.0 Å². The third-order valence-electron chi connectivity index (χ3n) is 5.37. The highest BCUT2D eigenvalue weighted by Gasteiger charge is 2.20. The van der Waals surface area contributed by atoms with Crippen molar-refractivity contribution < 1.29 is 9.66 Å². The van der Waals surface area contributed by atoms with Gasteiger partial charge in [-0.1, -0.05) is 15.9 Å². The van der Waals surface area contributed by atoms with Gasteiger partial charge in [-0.05, 0) is 57.2 Å². The molecular formula is C23H20BrN5O4. The molecule has 0 N–H and O–H groups in total. The Morgan fingerprint density at radius 2 is 1.91 bits per heavy atom. The molecule has 0 unspecified atom stereocenters. The number of hydrogen-bond donors (Lipinski definition) is 0. The first-order valence-corrected chi connectivity index (χ1v) is 10.8. The lowest BCUT2D eigenvalue weighted by Crippen LogP contribution is -2.20. The van der Waals surface area contributed by atoms with Gasteiger partial charge in [-0.2, -0.15) is 9.78 Å². The first-order valence-electron chi connectivity index (χ1n) is 9.96. The number of methoxy groups -OCH3 is 1. The molecule has 0 fully saturated rings. The average Bonchev–Trinajstić information content (AvgIpc) is 3.06. The molecule has 2 aromatic carbocycles.